The molecule has 0 spiro atoms. The molecule has 0 fully saturated rings. The topological polar surface area (TPSA) is 76.7 Å². The quantitative estimate of drug-likeness (QED) is 0.802. The molecule has 1 aromatic heterocycles. The lowest BCUT2D eigenvalue weighted by Crippen LogP contribution is -1.96. The number of phenolic OH excluding ortho intramolecular Hbond substituents is 1. The van der Waals surface area contributed by atoms with Crippen molar-refractivity contribution in [1.29, 1.82) is 0 Å². The zero-order valence-corrected chi connectivity index (χ0v) is 9.25. The van der Waals surface area contributed by atoms with Gasteiger partial charge in [-0.1, -0.05) is 0 Å². The van der Waals surface area contributed by atoms with Crippen molar-refractivity contribution in [3.8, 4) is 5.75 Å². The van der Waals surface area contributed by atoms with E-state index < -0.39 is 0 Å². The molecule has 0 bridgehead atoms. The maximum absolute atomic E-state index is 11.1. The highest BCUT2D eigenvalue weighted by Gasteiger charge is 1.99. The first kappa shape index (κ1) is 12.8. The van der Waals surface area contributed by atoms with Crippen LogP contribution in [0.2, 0.25) is 0 Å². The normalized spacial score (nSPS) is 9.24. The standard InChI is InChI=1S/C9H6O3.C3H6O2/c10-6-1-2-7-8(11)3-4-12-9(7)5-6;1-2-5-3-4/h1-5,10H;3H,2H2,1H3. The summed E-state index contributed by atoms with van der Waals surface area (Å²) in [6, 6.07) is 5.76. The van der Waals surface area contributed by atoms with E-state index in [4.69, 9.17) is 9.52 Å². The first-order valence-electron chi connectivity index (χ1n) is 4.94. The zero-order chi connectivity index (χ0) is 12.7. The minimum absolute atomic E-state index is 0.0943. The average molecular weight is 236 g/mol. The minimum Gasteiger partial charge on any atom is -0.508 e. The van der Waals surface area contributed by atoms with Gasteiger partial charge >= 0.3 is 0 Å². The summed E-state index contributed by atoms with van der Waals surface area (Å²) in [5.74, 6) is 0.0943. The van der Waals surface area contributed by atoms with Crippen LogP contribution in [0.25, 0.3) is 11.0 Å². The lowest BCUT2D eigenvalue weighted by atomic mass is 10.2. The van der Waals surface area contributed by atoms with Gasteiger partial charge in [-0.15, -0.1) is 0 Å². The van der Waals surface area contributed by atoms with Crippen molar-refractivity contribution in [2.24, 2.45) is 0 Å². The van der Waals surface area contributed by atoms with Crippen LogP contribution < -0.4 is 5.43 Å². The van der Waals surface area contributed by atoms with Crippen molar-refractivity contribution in [1.82, 2.24) is 0 Å². The van der Waals surface area contributed by atoms with Gasteiger partial charge in [0.25, 0.3) is 6.47 Å². The molecular weight excluding hydrogens is 224 g/mol. The molecule has 0 aliphatic rings. The maximum Gasteiger partial charge on any atom is 0.293 e. The highest BCUT2D eigenvalue weighted by atomic mass is 16.5. The number of hydrogen-bond donors (Lipinski definition) is 1. The number of ether oxygens (including phenoxy) is 1. The van der Waals surface area contributed by atoms with Gasteiger partial charge in [0.2, 0.25) is 0 Å². The summed E-state index contributed by atoms with van der Waals surface area (Å²) in [4.78, 5) is 20.3. The highest BCUT2D eigenvalue weighted by Crippen LogP contribution is 2.16. The van der Waals surface area contributed by atoms with Crippen molar-refractivity contribution < 1.29 is 19.1 Å². The molecule has 0 radical (unpaired) electrons. The second kappa shape index (κ2) is 6.32. The second-order valence-corrected chi connectivity index (χ2v) is 3.02. The Morgan fingerprint density at radius 3 is 2.76 bits per heavy atom. The molecule has 2 aromatic rings. The lowest BCUT2D eigenvalue weighted by Gasteiger charge is -1.94. The number of rotatable bonds is 2. The summed E-state index contributed by atoms with van der Waals surface area (Å²) in [6.45, 7) is 2.66. The minimum atomic E-state index is -0.101. The molecule has 1 aromatic carbocycles. The van der Waals surface area contributed by atoms with E-state index in [-0.39, 0.29) is 11.2 Å². The van der Waals surface area contributed by atoms with Crippen LogP contribution in [-0.4, -0.2) is 18.2 Å². The van der Waals surface area contributed by atoms with E-state index in [1.807, 2.05) is 0 Å². The van der Waals surface area contributed by atoms with E-state index >= 15 is 0 Å². The van der Waals surface area contributed by atoms with Gasteiger partial charge in [0, 0.05) is 12.1 Å². The zero-order valence-electron chi connectivity index (χ0n) is 9.25. The monoisotopic (exact) mass is 236 g/mol. The number of aromatic hydroxyl groups is 1. The van der Waals surface area contributed by atoms with Crippen LogP contribution >= 0.6 is 0 Å². The van der Waals surface area contributed by atoms with Crippen molar-refractivity contribution >= 4 is 17.4 Å². The molecule has 2 rings (SSSR count). The first-order valence-corrected chi connectivity index (χ1v) is 4.94. The van der Waals surface area contributed by atoms with Crippen LogP contribution in [0.4, 0.5) is 0 Å². The van der Waals surface area contributed by atoms with Crippen LogP contribution in [0.15, 0.2) is 39.7 Å². The Labute approximate surface area is 97.2 Å². The molecule has 1 N–H and O–H groups in total. The van der Waals surface area contributed by atoms with Crippen molar-refractivity contribution in [3.63, 3.8) is 0 Å². The Hall–Kier alpha value is -2.30. The van der Waals surface area contributed by atoms with Crippen molar-refractivity contribution in [2.45, 2.75) is 6.92 Å². The third-order valence-electron chi connectivity index (χ3n) is 1.88. The Balaban J connectivity index is 0.000000249. The fourth-order valence-electron chi connectivity index (χ4n) is 1.14. The Morgan fingerprint density at radius 2 is 2.18 bits per heavy atom. The van der Waals surface area contributed by atoms with Crippen LogP contribution in [-0.2, 0) is 9.53 Å². The maximum atomic E-state index is 11.1. The van der Waals surface area contributed by atoms with Gasteiger partial charge in [0.05, 0.1) is 18.3 Å². The average Bonchev–Trinajstić information content (AvgIpc) is 2.31. The number of carbonyl (C=O) groups excluding carboxylic acids is 1. The summed E-state index contributed by atoms with van der Waals surface area (Å²) in [5, 5.41) is 9.54. The Kier molecular flexibility index (Phi) is 4.75. The van der Waals surface area contributed by atoms with Gasteiger partial charge in [0.1, 0.15) is 11.3 Å². The molecule has 0 aliphatic carbocycles. The molecule has 5 heteroatoms. The molecule has 0 saturated heterocycles. The predicted octanol–water partition coefficient (Wildman–Crippen LogP) is 1.68. The van der Waals surface area contributed by atoms with Gasteiger partial charge in [-0.25, -0.2) is 0 Å². The fraction of sp³-hybridized carbons (Fsp3) is 0.167. The highest BCUT2D eigenvalue weighted by molar-refractivity contribution is 5.77. The third kappa shape index (κ3) is 3.64. The number of phenols is 1. The van der Waals surface area contributed by atoms with Gasteiger partial charge in [0.15, 0.2) is 5.43 Å². The SMILES string of the molecule is CCOC=O.O=c1ccoc2cc(O)ccc12. The number of benzene rings is 1. The van der Waals surface area contributed by atoms with Crippen LogP contribution in [0.5, 0.6) is 5.75 Å². The number of fused-ring (bicyclic) bond motifs is 1. The van der Waals surface area contributed by atoms with E-state index in [2.05, 4.69) is 4.74 Å². The molecule has 0 atom stereocenters. The van der Waals surface area contributed by atoms with Gasteiger partial charge in [-0.2, -0.15) is 0 Å². The molecule has 5 nitrogen and oxygen atoms in total. The van der Waals surface area contributed by atoms with Crippen molar-refractivity contribution in [3.05, 3.63) is 40.8 Å². The molecule has 17 heavy (non-hydrogen) atoms. The molecule has 0 saturated carbocycles. The Morgan fingerprint density at radius 1 is 1.41 bits per heavy atom. The van der Waals surface area contributed by atoms with Gasteiger partial charge in [-0.3, -0.25) is 9.59 Å². The molecule has 0 unspecified atom stereocenters. The fourth-order valence-corrected chi connectivity index (χ4v) is 1.14. The molecule has 90 valence electrons. The molecular formula is C12H12O5. The molecule has 1 heterocycles. The number of carbonyl (C=O) groups is 1. The second-order valence-electron chi connectivity index (χ2n) is 3.02. The van der Waals surface area contributed by atoms with Crippen LogP contribution in [0.3, 0.4) is 0 Å². The molecule has 0 amide bonds. The summed E-state index contributed by atoms with van der Waals surface area (Å²) in [5.41, 5.74) is 0.304. The Bertz CT molecular complexity index is 544. The van der Waals surface area contributed by atoms with Gasteiger partial charge in [-0.05, 0) is 19.1 Å². The van der Waals surface area contributed by atoms with E-state index in [1.165, 1.54) is 30.5 Å². The van der Waals surface area contributed by atoms with Crippen molar-refractivity contribution in [2.75, 3.05) is 6.61 Å². The van der Waals surface area contributed by atoms with Crippen LogP contribution in [0, 0.1) is 0 Å². The lowest BCUT2D eigenvalue weighted by molar-refractivity contribution is -0.128. The third-order valence-corrected chi connectivity index (χ3v) is 1.88. The summed E-state index contributed by atoms with van der Waals surface area (Å²) in [6.07, 6.45) is 1.31. The first-order chi connectivity index (χ1) is 8.19. The van der Waals surface area contributed by atoms with E-state index in [1.54, 1.807) is 6.92 Å². The summed E-state index contributed by atoms with van der Waals surface area (Å²) < 4.78 is 9.17. The summed E-state index contributed by atoms with van der Waals surface area (Å²) in [7, 11) is 0. The van der Waals surface area contributed by atoms with Crippen LogP contribution in [0.1, 0.15) is 6.92 Å². The van der Waals surface area contributed by atoms with Gasteiger partial charge < -0.3 is 14.3 Å². The van der Waals surface area contributed by atoms with E-state index in [0.29, 0.717) is 24.0 Å². The predicted molar refractivity (Wildman–Crippen MR) is 61.8 cm³/mol. The number of hydrogen-bond acceptors (Lipinski definition) is 5. The van der Waals surface area contributed by atoms with E-state index in [0.717, 1.165) is 0 Å². The summed E-state index contributed by atoms with van der Waals surface area (Å²) >= 11 is 0. The van der Waals surface area contributed by atoms with E-state index in [9.17, 15) is 9.59 Å². The smallest absolute Gasteiger partial charge is 0.293 e. The molecule has 0 aliphatic heterocycles. The largest absolute Gasteiger partial charge is 0.508 e.